The lowest BCUT2D eigenvalue weighted by Gasteiger charge is -2.37. The van der Waals surface area contributed by atoms with Crippen molar-refractivity contribution < 1.29 is 19.1 Å². The Balaban J connectivity index is 2.21. The lowest BCUT2D eigenvalue weighted by Crippen LogP contribution is -2.35. The van der Waals surface area contributed by atoms with Gasteiger partial charge in [-0.3, -0.25) is 4.79 Å². The summed E-state index contributed by atoms with van der Waals surface area (Å²) in [4.78, 5) is 25.2. The van der Waals surface area contributed by atoms with E-state index in [-0.39, 0.29) is 22.7 Å². The third-order valence-electron chi connectivity index (χ3n) is 4.54. The van der Waals surface area contributed by atoms with Gasteiger partial charge in [0.15, 0.2) is 5.78 Å². The fourth-order valence-electron chi connectivity index (χ4n) is 3.51. The first kappa shape index (κ1) is 17.5. The van der Waals surface area contributed by atoms with Gasteiger partial charge in [-0.2, -0.15) is 0 Å². The quantitative estimate of drug-likeness (QED) is 0.816. The lowest BCUT2D eigenvalue weighted by atomic mass is 9.70. The Kier molecular flexibility index (Phi) is 4.37. The van der Waals surface area contributed by atoms with Crippen LogP contribution >= 0.6 is 11.6 Å². The van der Waals surface area contributed by atoms with Gasteiger partial charge in [-0.05, 0) is 23.1 Å². The molecule has 0 saturated carbocycles. The van der Waals surface area contributed by atoms with Gasteiger partial charge in [-0.15, -0.1) is 0 Å². The van der Waals surface area contributed by atoms with E-state index in [0.29, 0.717) is 34.8 Å². The molecule has 3 rings (SSSR count). The van der Waals surface area contributed by atoms with Crippen LogP contribution in [0.3, 0.4) is 0 Å². The van der Waals surface area contributed by atoms with Gasteiger partial charge in [0.05, 0.1) is 13.0 Å². The van der Waals surface area contributed by atoms with Crippen molar-refractivity contribution in [1.82, 2.24) is 0 Å². The Morgan fingerprint density at radius 3 is 2.72 bits per heavy atom. The molecule has 1 heterocycles. The highest BCUT2D eigenvalue weighted by molar-refractivity contribution is 6.30. The van der Waals surface area contributed by atoms with E-state index in [4.69, 9.17) is 26.8 Å². The number of halogens is 1. The number of carbonyl (C=O) groups is 2. The van der Waals surface area contributed by atoms with Gasteiger partial charge in [0.2, 0.25) is 5.88 Å². The second-order valence-electron chi connectivity index (χ2n) is 7.14. The fourth-order valence-corrected chi connectivity index (χ4v) is 3.71. The van der Waals surface area contributed by atoms with Crippen LogP contribution in [0.1, 0.15) is 38.2 Å². The number of benzene rings is 1. The average molecular weight is 362 g/mol. The zero-order chi connectivity index (χ0) is 18.4. The van der Waals surface area contributed by atoms with Crippen molar-refractivity contribution in [1.29, 1.82) is 0 Å². The summed E-state index contributed by atoms with van der Waals surface area (Å²) in [6.07, 6.45) is 0.945. The number of hydrogen-bond donors (Lipinski definition) is 1. The average Bonchev–Trinajstić information content (AvgIpc) is 2.51. The van der Waals surface area contributed by atoms with Gasteiger partial charge in [0.1, 0.15) is 11.3 Å². The highest BCUT2D eigenvalue weighted by atomic mass is 35.5. The van der Waals surface area contributed by atoms with Crippen molar-refractivity contribution in [2.75, 3.05) is 7.11 Å². The molecule has 2 aliphatic rings. The number of esters is 1. The molecule has 0 saturated heterocycles. The van der Waals surface area contributed by atoms with Crippen LogP contribution in [0.15, 0.2) is 47.1 Å². The van der Waals surface area contributed by atoms with Gasteiger partial charge < -0.3 is 15.2 Å². The van der Waals surface area contributed by atoms with Crippen LogP contribution in [0.4, 0.5) is 0 Å². The minimum absolute atomic E-state index is 0.0268. The first-order chi connectivity index (χ1) is 11.7. The molecule has 1 aliphatic carbocycles. The van der Waals surface area contributed by atoms with Crippen molar-refractivity contribution in [3.8, 4) is 0 Å². The highest BCUT2D eigenvalue weighted by Gasteiger charge is 2.44. The molecule has 5 nitrogen and oxygen atoms in total. The van der Waals surface area contributed by atoms with Crippen LogP contribution in [0.5, 0.6) is 0 Å². The lowest BCUT2D eigenvalue weighted by molar-refractivity contribution is -0.136. The number of nitrogens with two attached hydrogens (primary N) is 1. The molecule has 25 heavy (non-hydrogen) atoms. The summed E-state index contributed by atoms with van der Waals surface area (Å²) in [5.74, 6) is -0.812. The van der Waals surface area contributed by atoms with E-state index in [2.05, 4.69) is 0 Å². The summed E-state index contributed by atoms with van der Waals surface area (Å²) in [6.45, 7) is 4.00. The summed E-state index contributed by atoms with van der Waals surface area (Å²) in [5.41, 5.74) is 7.13. The zero-order valence-corrected chi connectivity index (χ0v) is 15.1. The topological polar surface area (TPSA) is 78.6 Å². The van der Waals surface area contributed by atoms with Gasteiger partial charge in [0.25, 0.3) is 0 Å². The monoisotopic (exact) mass is 361 g/mol. The van der Waals surface area contributed by atoms with E-state index in [0.717, 1.165) is 0 Å². The number of methoxy groups -OCH3 is 1. The van der Waals surface area contributed by atoms with E-state index in [1.54, 1.807) is 18.2 Å². The summed E-state index contributed by atoms with van der Waals surface area (Å²) in [7, 11) is 1.27. The van der Waals surface area contributed by atoms with Gasteiger partial charge >= 0.3 is 5.97 Å². The largest absolute Gasteiger partial charge is 0.465 e. The predicted octanol–water partition coefficient (Wildman–Crippen LogP) is 3.44. The first-order valence-corrected chi connectivity index (χ1v) is 8.39. The smallest absolute Gasteiger partial charge is 0.340 e. The molecular formula is C19H20ClNO4. The number of hydrogen-bond acceptors (Lipinski definition) is 5. The number of ketones is 1. The number of allylic oxidation sites excluding steroid dienone is 2. The van der Waals surface area contributed by atoms with Crippen molar-refractivity contribution in [2.24, 2.45) is 11.1 Å². The fraction of sp³-hybridized carbons (Fsp3) is 0.368. The number of rotatable bonds is 2. The summed E-state index contributed by atoms with van der Waals surface area (Å²) in [6, 6.07) is 7.05. The number of ether oxygens (including phenoxy) is 2. The summed E-state index contributed by atoms with van der Waals surface area (Å²) in [5, 5.41) is 0.512. The molecule has 0 spiro atoms. The third kappa shape index (κ3) is 3.16. The summed E-state index contributed by atoms with van der Waals surface area (Å²) < 4.78 is 10.6. The van der Waals surface area contributed by atoms with Crippen LogP contribution in [0.2, 0.25) is 5.02 Å². The Labute approximate surface area is 151 Å². The molecule has 1 aromatic rings. The van der Waals surface area contributed by atoms with Crippen molar-refractivity contribution in [3.63, 3.8) is 0 Å². The molecular weight excluding hydrogens is 342 g/mol. The van der Waals surface area contributed by atoms with Crippen molar-refractivity contribution >= 4 is 23.4 Å². The molecule has 0 bridgehead atoms. The Morgan fingerprint density at radius 2 is 2.08 bits per heavy atom. The van der Waals surface area contributed by atoms with E-state index in [1.165, 1.54) is 7.11 Å². The van der Waals surface area contributed by atoms with Gasteiger partial charge in [-0.1, -0.05) is 37.6 Å². The highest BCUT2D eigenvalue weighted by Crippen LogP contribution is 2.48. The molecule has 6 heteroatoms. The number of carbonyl (C=O) groups excluding carboxylic acids is 2. The molecule has 0 unspecified atom stereocenters. The van der Waals surface area contributed by atoms with Gasteiger partial charge in [-0.25, -0.2) is 4.79 Å². The minimum atomic E-state index is -0.640. The van der Waals surface area contributed by atoms with Crippen LogP contribution in [-0.2, 0) is 19.1 Å². The number of Topliss-reactive ketones (excluding diaryl/α,β-unsaturated/α-hetero) is 1. The minimum Gasteiger partial charge on any atom is -0.465 e. The zero-order valence-electron chi connectivity index (χ0n) is 14.4. The van der Waals surface area contributed by atoms with Gasteiger partial charge in [0, 0.05) is 23.4 Å². The second kappa shape index (κ2) is 6.23. The molecule has 0 amide bonds. The van der Waals surface area contributed by atoms with E-state index in [1.807, 2.05) is 19.9 Å². The maximum absolute atomic E-state index is 12.9. The van der Waals surface area contributed by atoms with E-state index < -0.39 is 11.9 Å². The van der Waals surface area contributed by atoms with Crippen molar-refractivity contribution in [2.45, 2.75) is 32.6 Å². The summed E-state index contributed by atoms with van der Waals surface area (Å²) >= 11 is 6.12. The normalized spacial score (nSPS) is 22.4. The van der Waals surface area contributed by atoms with E-state index >= 15 is 0 Å². The van der Waals surface area contributed by atoms with Crippen molar-refractivity contribution in [3.05, 3.63) is 57.6 Å². The Bertz CT molecular complexity index is 822. The molecule has 132 valence electrons. The SMILES string of the molecule is COC(=O)C1=C(N)OC2=C(C(=O)CC(C)(C)C2)[C@@H]1c1cccc(Cl)c1. The third-order valence-corrected chi connectivity index (χ3v) is 4.78. The molecule has 1 aliphatic heterocycles. The molecule has 0 aromatic heterocycles. The first-order valence-electron chi connectivity index (χ1n) is 8.01. The van der Waals surface area contributed by atoms with E-state index in [9.17, 15) is 9.59 Å². The maximum atomic E-state index is 12.9. The molecule has 1 atom stereocenters. The van der Waals surface area contributed by atoms with Crippen LogP contribution < -0.4 is 5.73 Å². The molecule has 2 N–H and O–H groups in total. The van der Waals surface area contributed by atoms with Crippen LogP contribution in [-0.4, -0.2) is 18.9 Å². The maximum Gasteiger partial charge on any atom is 0.340 e. The van der Waals surface area contributed by atoms with Crippen LogP contribution in [0, 0.1) is 5.41 Å². The Morgan fingerprint density at radius 1 is 1.36 bits per heavy atom. The molecule has 1 aromatic carbocycles. The molecule has 0 radical (unpaired) electrons. The standard InChI is InChI=1S/C19H20ClNO4/c1-19(2)8-12(22)15-13(9-19)25-17(21)16(18(23)24-3)14(15)10-5-4-6-11(20)7-10/h4-7,14H,8-9,21H2,1-3H3/t14-/m0/s1. The predicted molar refractivity (Wildman–Crippen MR) is 93.6 cm³/mol. The van der Waals surface area contributed by atoms with Crippen LogP contribution in [0.25, 0.3) is 0 Å². The Hall–Kier alpha value is -2.27. The molecule has 0 fully saturated rings. The second-order valence-corrected chi connectivity index (χ2v) is 7.57.